The first-order valence-electron chi connectivity index (χ1n) is 7.44. The van der Waals surface area contributed by atoms with E-state index in [0.29, 0.717) is 17.9 Å². The number of nitrogens with one attached hydrogen (secondary N) is 1. The Morgan fingerprint density at radius 3 is 2.62 bits per heavy atom. The molecule has 1 aliphatic carbocycles. The third kappa shape index (κ3) is 3.41. The lowest BCUT2D eigenvalue weighted by atomic mass is 9.98. The van der Waals surface area contributed by atoms with Gasteiger partial charge in [0.1, 0.15) is 0 Å². The van der Waals surface area contributed by atoms with Crippen LogP contribution in [0.25, 0.3) is 0 Å². The van der Waals surface area contributed by atoms with Gasteiger partial charge in [0, 0.05) is 15.0 Å². The summed E-state index contributed by atoms with van der Waals surface area (Å²) in [6, 6.07) is 17.7. The monoisotopic (exact) mass is 407 g/mol. The third-order valence-electron chi connectivity index (χ3n) is 4.21. The molecule has 0 saturated heterocycles. The molecule has 0 aliphatic heterocycles. The van der Waals surface area contributed by atoms with Gasteiger partial charge in [-0.1, -0.05) is 69.1 Å². The number of hydrogen-bond donors (Lipinski definition) is 1. The Bertz CT molecular complexity index is 612. The minimum atomic E-state index is 0.409. The maximum Gasteiger partial charge on any atom is 0.0366 e. The molecule has 0 amide bonds. The summed E-state index contributed by atoms with van der Waals surface area (Å²) in [7, 11) is 0. The molecular formula is C18H19Br2N. The van der Waals surface area contributed by atoms with E-state index in [4.69, 9.17) is 0 Å². The fourth-order valence-electron chi connectivity index (χ4n) is 3.13. The van der Waals surface area contributed by atoms with Crippen LogP contribution in [0.3, 0.4) is 0 Å². The fraction of sp³-hybridized carbons (Fsp3) is 0.333. The van der Waals surface area contributed by atoms with Gasteiger partial charge >= 0.3 is 0 Å². The molecule has 1 nitrogen and oxygen atoms in total. The second-order valence-corrected chi connectivity index (χ2v) is 7.39. The highest BCUT2D eigenvalue weighted by Gasteiger charge is 2.44. The molecule has 3 heteroatoms. The molecule has 1 saturated carbocycles. The van der Waals surface area contributed by atoms with E-state index in [1.54, 1.807) is 0 Å². The van der Waals surface area contributed by atoms with Crippen molar-refractivity contribution >= 4 is 31.9 Å². The molecule has 110 valence electrons. The second-order valence-electron chi connectivity index (χ2n) is 5.62. The van der Waals surface area contributed by atoms with Crippen LogP contribution in [0.1, 0.15) is 36.4 Å². The number of hydrogen-bond acceptors (Lipinski definition) is 1. The van der Waals surface area contributed by atoms with E-state index in [0.717, 1.165) is 11.0 Å². The molecule has 0 spiro atoms. The van der Waals surface area contributed by atoms with E-state index in [2.05, 4.69) is 92.6 Å². The van der Waals surface area contributed by atoms with E-state index >= 15 is 0 Å². The Morgan fingerprint density at radius 1 is 1.14 bits per heavy atom. The zero-order valence-corrected chi connectivity index (χ0v) is 15.2. The molecule has 0 radical (unpaired) electrons. The average molecular weight is 409 g/mol. The molecular weight excluding hydrogens is 390 g/mol. The standard InChI is InChI=1S/C18H19Br2N/c1-2-21-18(16-10-13(19)8-9-17(16)20)15-11-14(15)12-6-4-3-5-7-12/h3-10,14-15,18,21H,2,11H2,1H3. The molecule has 1 N–H and O–H groups in total. The van der Waals surface area contributed by atoms with E-state index in [1.807, 2.05) is 0 Å². The lowest BCUT2D eigenvalue weighted by Crippen LogP contribution is -2.23. The van der Waals surface area contributed by atoms with Gasteiger partial charge in [0.15, 0.2) is 0 Å². The van der Waals surface area contributed by atoms with Crippen LogP contribution < -0.4 is 5.32 Å². The van der Waals surface area contributed by atoms with E-state index in [-0.39, 0.29) is 0 Å². The lowest BCUT2D eigenvalue weighted by Gasteiger charge is -2.20. The van der Waals surface area contributed by atoms with Crippen LogP contribution in [0.4, 0.5) is 0 Å². The minimum Gasteiger partial charge on any atom is -0.310 e. The van der Waals surface area contributed by atoms with Crippen molar-refractivity contribution in [1.29, 1.82) is 0 Å². The minimum absolute atomic E-state index is 0.409. The summed E-state index contributed by atoms with van der Waals surface area (Å²) in [5, 5.41) is 3.68. The third-order valence-corrected chi connectivity index (χ3v) is 5.43. The van der Waals surface area contributed by atoms with Crippen molar-refractivity contribution in [3.05, 3.63) is 68.6 Å². The highest BCUT2D eigenvalue weighted by molar-refractivity contribution is 9.11. The van der Waals surface area contributed by atoms with E-state index in [9.17, 15) is 0 Å². The molecule has 0 aromatic heterocycles. The van der Waals surface area contributed by atoms with Crippen LogP contribution in [0.5, 0.6) is 0 Å². The van der Waals surface area contributed by atoms with Gasteiger partial charge in [-0.15, -0.1) is 0 Å². The maximum atomic E-state index is 3.71. The molecule has 3 unspecified atom stereocenters. The molecule has 3 atom stereocenters. The SMILES string of the molecule is CCNC(c1cc(Br)ccc1Br)C1CC1c1ccccc1. The lowest BCUT2D eigenvalue weighted by molar-refractivity contribution is 0.485. The normalized spacial score (nSPS) is 22.0. The molecule has 21 heavy (non-hydrogen) atoms. The summed E-state index contributed by atoms with van der Waals surface area (Å²) in [5.41, 5.74) is 2.83. The predicted octanol–water partition coefficient (Wildman–Crippen LogP) is 5.67. The quantitative estimate of drug-likeness (QED) is 0.672. The topological polar surface area (TPSA) is 12.0 Å². The first-order valence-corrected chi connectivity index (χ1v) is 9.02. The Hall–Kier alpha value is -0.640. The number of halogens is 2. The van der Waals surface area contributed by atoms with Crippen LogP contribution in [0, 0.1) is 5.92 Å². The van der Waals surface area contributed by atoms with Crippen molar-refractivity contribution in [2.24, 2.45) is 5.92 Å². The van der Waals surface area contributed by atoms with Crippen molar-refractivity contribution in [3.63, 3.8) is 0 Å². The van der Waals surface area contributed by atoms with Gasteiger partial charge in [-0.25, -0.2) is 0 Å². The molecule has 3 rings (SSSR count). The summed E-state index contributed by atoms with van der Waals surface area (Å²) in [6.07, 6.45) is 1.26. The van der Waals surface area contributed by atoms with Crippen molar-refractivity contribution in [2.75, 3.05) is 6.54 Å². The zero-order chi connectivity index (χ0) is 14.8. The highest BCUT2D eigenvalue weighted by Crippen LogP contribution is 2.54. The summed E-state index contributed by atoms with van der Waals surface area (Å²) >= 11 is 7.31. The van der Waals surface area contributed by atoms with Gasteiger partial charge in [-0.2, -0.15) is 0 Å². The van der Waals surface area contributed by atoms with Crippen molar-refractivity contribution in [2.45, 2.75) is 25.3 Å². The van der Waals surface area contributed by atoms with E-state index in [1.165, 1.54) is 22.0 Å². The number of benzene rings is 2. The van der Waals surface area contributed by atoms with Crippen LogP contribution in [0.15, 0.2) is 57.5 Å². The van der Waals surface area contributed by atoms with Gasteiger partial charge in [0.2, 0.25) is 0 Å². The van der Waals surface area contributed by atoms with Gasteiger partial charge < -0.3 is 5.32 Å². The smallest absolute Gasteiger partial charge is 0.0366 e. The Morgan fingerprint density at radius 2 is 1.90 bits per heavy atom. The van der Waals surface area contributed by atoms with E-state index < -0.39 is 0 Å². The van der Waals surface area contributed by atoms with Gasteiger partial charge in [0.05, 0.1) is 0 Å². The van der Waals surface area contributed by atoms with Gasteiger partial charge in [0.25, 0.3) is 0 Å². The van der Waals surface area contributed by atoms with Crippen LogP contribution in [0.2, 0.25) is 0 Å². The largest absolute Gasteiger partial charge is 0.310 e. The molecule has 2 aromatic carbocycles. The van der Waals surface area contributed by atoms with Crippen LogP contribution in [-0.4, -0.2) is 6.54 Å². The molecule has 1 aliphatic rings. The Kier molecular flexibility index (Phi) is 4.82. The number of rotatable bonds is 5. The van der Waals surface area contributed by atoms with Gasteiger partial charge in [-0.05, 0) is 54.1 Å². The molecule has 2 aromatic rings. The van der Waals surface area contributed by atoms with Crippen molar-refractivity contribution in [3.8, 4) is 0 Å². The highest BCUT2D eigenvalue weighted by atomic mass is 79.9. The van der Waals surface area contributed by atoms with Crippen LogP contribution >= 0.6 is 31.9 Å². The average Bonchev–Trinajstić information content (AvgIpc) is 3.29. The maximum absolute atomic E-state index is 3.71. The first-order chi connectivity index (χ1) is 10.2. The Labute approximate surface area is 143 Å². The predicted molar refractivity (Wildman–Crippen MR) is 95.5 cm³/mol. The van der Waals surface area contributed by atoms with Crippen LogP contribution in [-0.2, 0) is 0 Å². The van der Waals surface area contributed by atoms with Crippen molar-refractivity contribution < 1.29 is 0 Å². The molecule has 0 bridgehead atoms. The summed E-state index contributed by atoms with van der Waals surface area (Å²) in [6.45, 7) is 3.17. The van der Waals surface area contributed by atoms with Crippen molar-refractivity contribution in [1.82, 2.24) is 5.32 Å². The molecule has 1 fully saturated rings. The summed E-state index contributed by atoms with van der Waals surface area (Å²) in [5.74, 6) is 1.36. The fourth-order valence-corrected chi connectivity index (χ4v) is 4.00. The molecule has 0 heterocycles. The summed E-state index contributed by atoms with van der Waals surface area (Å²) < 4.78 is 2.33. The zero-order valence-electron chi connectivity index (χ0n) is 12.0. The first kappa shape index (κ1) is 15.3. The van der Waals surface area contributed by atoms with Gasteiger partial charge in [-0.3, -0.25) is 0 Å². The second kappa shape index (κ2) is 6.64. The summed E-state index contributed by atoms with van der Waals surface area (Å²) in [4.78, 5) is 0. The Balaban J connectivity index is 1.85.